The Bertz CT molecular complexity index is 951. The van der Waals surface area contributed by atoms with Crippen molar-refractivity contribution in [3.63, 3.8) is 0 Å². The molecule has 0 N–H and O–H groups in total. The quantitative estimate of drug-likeness (QED) is 0.331. The highest BCUT2D eigenvalue weighted by atomic mass is 32.2. The molecule has 0 spiro atoms. The molecule has 0 saturated carbocycles. The molecule has 2 aliphatic heterocycles. The van der Waals surface area contributed by atoms with Crippen LogP contribution in [0.3, 0.4) is 0 Å². The van der Waals surface area contributed by atoms with E-state index < -0.39 is 0 Å². The maximum Gasteiger partial charge on any atom is 0.156 e. The molecule has 1 aromatic rings. The molecule has 4 rings (SSSR count). The van der Waals surface area contributed by atoms with Crippen molar-refractivity contribution in [2.24, 2.45) is 0 Å². The largest absolute Gasteiger partial charge is 0.303 e. The third kappa shape index (κ3) is 7.97. The lowest BCUT2D eigenvalue weighted by atomic mass is 10.1. The molecule has 1 saturated heterocycles. The van der Waals surface area contributed by atoms with Crippen molar-refractivity contribution in [2.45, 2.75) is 44.9 Å². The van der Waals surface area contributed by atoms with Crippen LogP contribution in [-0.2, 0) is 11.2 Å². The van der Waals surface area contributed by atoms with Gasteiger partial charge >= 0.3 is 0 Å². The van der Waals surface area contributed by atoms with Gasteiger partial charge < -0.3 is 4.90 Å². The molecule has 180 valence electrons. The highest BCUT2D eigenvalue weighted by Gasteiger charge is 2.14. The number of hydrogen-bond donors (Lipinski definition) is 0. The van der Waals surface area contributed by atoms with E-state index in [4.69, 9.17) is 0 Å². The van der Waals surface area contributed by atoms with Gasteiger partial charge in [0.1, 0.15) is 0 Å². The van der Waals surface area contributed by atoms with Gasteiger partial charge in [0.25, 0.3) is 0 Å². The summed E-state index contributed by atoms with van der Waals surface area (Å²) in [6, 6.07) is 10.9. The summed E-state index contributed by atoms with van der Waals surface area (Å²) in [7, 11) is 0. The first-order valence-electron chi connectivity index (χ1n) is 12.9. The second-order valence-corrected chi connectivity index (χ2v) is 10.6. The van der Waals surface area contributed by atoms with Gasteiger partial charge in [-0.25, -0.2) is 0 Å². The molecule has 0 atom stereocenters. The van der Waals surface area contributed by atoms with Gasteiger partial charge in [-0.15, -0.1) is 0 Å². The second-order valence-electron chi connectivity index (χ2n) is 9.45. The van der Waals surface area contributed by atoms with Crippen LogP contribution < -0.4 is 0 Å². The number of allylic oxidation sites excluding steroid dienone is 8. The average molecular weight is 475 g/mol. The van der Waals surface area contributed by atoms with Crippen LogP contribution in [0.5, 0.6) is 0 Å². The summed E-state index contributed by atoms with van der Waals surface area (Å²) in [5.74, 6) is 0. The fourth-order valence-electron chi connectivity index (χ4n) is 4.92. The van der Waals surface area contributed by atoms with E-state index in [1.807, 2.05) is 6.08 Å². The number of likely N-dealkylation sites (tertiary alicyclic amines) is 1. The Balaban J connectivity index is 1.34. The standard InChI is InChI=1S/C30H38N2OS/c33-25-29-15-7-16-30(34-29)28-14-6-12-27(17-18-28)24-32(23-9-22-31-19-4-5-20-31)21-8-13-26-10-2-1-3-11-26/h1-3,6,10-11,14-18,25H,4-5,7-9,12-13,19-24H2. The molecule has 3 nitrogen and oxygen atoms in total. The molecule has 0 aromatic heterocycles. The zero-order valence-electron chi connectivity index (χ0n) is 20.3. The van der Waals surface area contributed by atoms with Crippen LogP contribution in [0.1, 0.15) is 44.1 Å². The number of thioether (sulfide) groups is 1. The summed E-state index contributed by atoms with van der Waals surface area (Å²) in [4.78, 5) is 18.5. The van der Waals surface area contributed by atoms with Gasteiger partial charge in [0.15, 0.2) is 6.29 Å². The van der Waals surface area contributed by atoms with Crippen molar-refractivity contribution in [3.05, 3.63) is 93.3 Å². The van der Waals surface area contributed by atoms with E-state index in [1.54, 1.807) is 11.8 Å². The molecule has 3 aliphatic rings. The summed E-state index contributed by atoms with van der Waals surface area (Å²) < 4.78 is 0. The number of aryl methyl sites for hydroxylation is 1. The molecule has 34 heavy (non-hydrogen) atoms. The van der Waals surface area contributed by atoms with Crippen LogP contribution in [0.25, 0.3) is 0 Å². The van der Waals surface area contributed by atoms with E-state index in [9.17, 15) is 4.79 Å². The number of rotatable bonds is 12. The molecule has 0 bridgehead atoms. The molecule has 0 unspecified atom stereocenters. The minimum absolute atomic E-state index is 0.822. The number of benzene rings is 1. The summed E-state index contributed by atoms with van der Waals surface area (Å²) in [5.41, 5.74) is 4.13. The molecule has 0 radical (unpaired) electrons. The lowest BCUT2D eigenvalue weighted by molar-refractivity contribution is -0.104. The molecule has 4 heteroatoms. The topological polar surface area (TPSA) is 23.6 Å². The Labute approximate surface area is 210 Å². The lowest BCUT2D eigenvalue weighted by Gasteiger charge is -2.25. The average Bonchev–Trinajstić information content (AvgIpc) is 3.29. The first-order valence-corrected chi connectivity index (χ1v) is 13.7. The third-order valence-corrected chi connectivity index (χ3v) is 7.90. The maximum atomic E-state index is 11.2. The van der Waals surface area contributed by atoms with Gasteiger partial charge in [-0.05, 0) is 88.8 Å². The van der Waals surface area contributed by atoms with E-state index in [1.165, 1.54) is 66.9 Å². The van der Waals surface area contributed by atoms with Crippen LogP contribution in [0.2, 0.25) is 0 Å². The predicted molar refractivity (Wildman–Crippen MR) is 146 cm³/mol. The van der Waals surface area contributed by atoms with E-state index in [0.717, 1.165) is 50.1 Å². The van der Waals surface area contributed by atoms with Crippen LogP contribution in [0.15, 0.2) is 87.7 Å². The third-order valence-electron chi connectivity index (χ3n) is 6.78. The molecular formula is C30H38N2OS. The fourth-order valence-corrected chi connectivity index (χ4v) is 5.84. The van der Waals surface area contributed by atoms with E-state index in [2.05, 4.69) is 70.5 Å². The first-order chi connectivity index (χ1) is 16.8. The molecule has 0 amide bonds. The van der Waals surface area contributed by atoms with Crippen LogP contribution in [0.4, 0.5) is 0 Å². The van der Waals surface area contributed by atoms with Gasteiger partial charge in [0.05, 0.1) is 0 Å². The van der Waals surface area contributed by atoms with Gasteiger partial charge in [0.2, 0.25) is 0 Å². The monoisotopic (exact) mass is 474 g/mol. The minimum atomic E-state index is 0.822. The Kier molecular flexibility index (Phi) is 10.0. The van der Waals surface area contributed by atoms with E-state index in [-0.39, 0.29) is 0 Å². The first kappa shape index (κ1) is 25.0. The zero-order chi connectivity index (χ0) is 23.4. The van der Waals surface area contributed by atoms with Gasteiger partial charge in [-0.2, -0.15) is 0 Å². The van der Waals surface area contributed by atoms with Crippen molar-refractivity contribution in [3.8, 4) is 0 Å². The summed E-state index contributed by atoms with van der Waals surface area (Å²) >= 11 is 1.58. The second kappa shape index (κ2) is 13.7. The van der Waals surface area contributed by atoms with Crippen molar-refractivity contribution < 1.29 is 4.79 Å². The van der Waals surface area contributed by atoms with Gasteiger partial charge in [-0.1, -0.05) is 84.1 Å². The van der Waals surface area contributed by atoms with Gasteiger partial charge in [0, 0.05) is 16.4 Å². The predicted octanol–water partition coefficient (Wildman–Crippen LogP) is 6.32. The lowest BCUT2D eigenvalue weighted by Crippen LogP contribution is -2.31. The van der Waals surface area contributed by atoms with Crippen molar-refractivity contribution >= 4 is 18.0 Å². The Morgan fingerprint density at radius 3 is 2.65 bits per heavy atom. The molecular weight excluding hydrogens is 436 g/mol. The number of carbonyl (C=O) groups excluding carboxylic acids is 1. The minimum Gasteiger partial charge on any atom is -0.303 e. The van der Waals surface area contributed by atoms with Crippen LogP contribution in [0, 0.1) is 0 Å². The smallest absolute Gasteiger partial charge is 0.156 e. The van der Waals surface area contributed by atoms with E-state index >= 15 is 0 Å². The Hall–Kier alpha value is -2.14. The molecule has 1 fully saturated rings. The van der Waals surface area contributed by atoms with Gasteiger partial charge in [-0.3, -0.25) is 9.69 Å². The summed E-state index contributed by atoms with van der Waals surface area (Å²) in [6.07, 6.45) is 22.4. The Morgan fingerprint density at radius 2 is 1.82 bits per heavy atom. The number of hydrogen-bond acceptors (Lipinski definition) is 4. The van der Waals surface area contributed by atoms with Crippen molar-refractivity contribution in [1.29, 1.82) is 0 Å². The van der Waals surface area contributed by atoms with E-state index in [0.29, 0.717) is 0 Å². The van der Waals surface area contributed by atoms with Crippen LogP contribution in [-0.4, -0.2) is 55.4 Å². The zero-order valence-corrected chi connectivity index (χ0v) is 21.1. The molecule has 2 heterocycles. The number of nitrogens with zero attached hydrogens (tertiary/aromatic N) is 2. The SMILES string of the molecule is O=CC1=CCC=C(C2=CC=C(CN(CCCc3ccccc3)CCCN3CCCC3)CC=C2)S1. The Morgan fingerprint density at radius 1 is 1.00 bits per heavy atom. The summed E-state index contributed by atoms with van der Waals surface area (Å²) in [5, 5.41) is 0. The van der Waals surface area contributed by atoms with Crippen LogP contribution >= 0.6 is 11.8 Å². The van der Waals surface area contributed by atoms with Crippen molar-refractivity contribution in [1.82, 2.24) is 9.80 Å². The summed E-state index contributed by atoms with van der Waals surface area (Å²) in [6.45, 7) is 7.14. The molecule has 1 aliphatic carbocycles. The van der Waals surface area contributed by atoms with Crippen molar-refractivity contribution in [2.75, 3.05) is 39.3 Å². The fraction of sp³-hybridized carbons (Fsp3) is 0.433. The molecule has 1 aromatic carbocycles. The highest BCUT2D eigenvalue weighted by molar-refractivity contribution is 8.07. The number of aldehydes is 1. The normalized spacial score (nSPS) is 18.9. The highest BCUT2D eigenvalue weighted by Crippen LogP contribution is 2.35. The maximum absolute atomic E-state index is 11.2. The number of carbonyl (C=O) groups is 1.